The molecule has 2 rings (SSSR count). The summed E-state index contributed by atoms with van der Waals surface area (Å²) in [6, 6.07) is 20.5. The first-order chi connectivity index (χ1) is 9.86. The van der Waals surface area contributed by atoms with Crippen molar-refractivity contribution < 1.29 is 0 Å². The molecule has 0 bridgehead atoms. The molecule has 4 heteroatoms. The highest BCUT2D eigenvalue weighted by Crippen LogP contribution is 1.98. The van der Waals surface area contributed by atoms with Gasteiger partial charge >= 0.3 is 0 Å². The Morgan fingerprint density at radius 2 is 0.950 bits per heavy atom. The van der Waals surface area contributed by atoms with Crippen LogP contribution in [0.15, 0.2) is 60.7 Å². The van der Waals surface area contributed by atoms with Crippen molar-refractivity contribution in [3.8, 4) is 0 Å². The lowest BCUT2D eigenvalue weighted by Gasteiger charge is -1.97. The van der Waals surface area contributed by atoms with Crippen molar-refractivity contribution in [3.63, 3.8) is 0 Å². The first-order valence-corrected chi connectivity index (χ1v) is 6.81. The Hall–Kier alpha value is -1.72. The van der Waals surface area contributed by atoms with Gasteiger partial charge in [-0.1, -0.05) is 60.7 Å². The van der Waals surface area contributed by atoms with Gasteiger partial charge in [-0.15, -0.1) is 0 Å². The lowest BCUT2D eigenvalue weighted by atomic mass is 10.2. The van der Waals surface area contributed by atoms with Crippen LogP contribution >= 0.6 is 0 Å². The molecule has 20 heavy (non-hydrogen) atoms. The van der Waals surface area contributed by atoms with E-state index >= 15 is 0 Å². The Kier molecular flexibility index (Phi) is 9.09. The number of nitrogens with two attached hydrogens (primary N) is 2. The SMILES string of the molecule is NNCCc1ccccc1.NNCCc1ccccc1. The van der Waals surface area contributed by atoms with E-state index < -0.39 is 0 Å². The molecule has 0 heterocycles. The van der Waals surface area contributed by atoms with Crippen molar-refractivity contribution in [2.75, 3.05) is 13.1 Å². The fraction of sp³-hybridized carbons (Fsp3) is 0.250. The van der Waals surface area contributed by atoms with Crippen LogP contribution in [0.4, 0.5) is 0 Å². The minimum Gasteiger partial charge on any atom is -0.271 e. The molecule has 0 unspecified atom stereocenters. The fourth-order valence-electron chi connectivity index (χ4n) is 1.72. The first-order valence-electron chi connectivity index (χ1n) is 6.81. The van der Waals surface area contributed by atoms with E-state index in [1.165, 1.54) is 11.1 Å². The Morgan fingerprint density at radius 1 is 0.600 bits per heavy atom. The van der Waals surface area contributed by atoms with Gasteiger partial charge in [-0.05, 0) is 24.0 Å². The van der Waals surface area contributed by atoms with Gasteiger partial charge < -0.3 is 0 Å². The molecule has 2 aromatic carbocycles. The van der Waals surface area contributed by atoms with Crippen molar-refractivity contribution in [2.45, 2.75) is 12.8 Å². The Labute approximate surface area is 121 Å². The van der Waals surface area contributed by atoms with E-state index in [1.54, 1.807) is 0 Å². The molecule has 0 aliphatic carbocycles. The van der Waals surface area contributed by atoms with Gasteiger partial charge in [0, 0.05) is 13.1 Å². The van der Waals surface area contributed by atoms with Gasteiger partial charge in [0.2, 0.25) is 0 Å². The molecule has 0 aromatic heterocycles. The standard InChI is InChI=1S/2C8H12N2/c2*9-10-7-6-8-4-2-1-3-5-8/h2*1-5,10H,6-7,9H2. The van der Waals surface area contributed by atoms with Gasteiger partial charge in [-0.25, -0.2) is 0 Å². The van der Waals surface area contributed by atoms with Crippen LogP contribution in [0, 0.1) is 0 Å². The Morgan fingerprint density at radius 3 is 1.25 bits per heavy atom. The summed E-state index contributed by atoms with van der Waals surface area (Å²) in [5.74, 6) is 10.3. The molecule has 108 valence electrons. The molecule has 0 saturated carbocycles. The number of benzene rings is 2. The molecule has 0 spiro atoms. The third-order valence-corrected chi connectivity index (χ3v) is 2.80. The predicted molar refractivity (Wildman–Crippen MR) is 84.7 cm³/mol. The van der Waals surface area contributed by atoms with Crippen molar-refractivity contribution in [3.05, 3.63) is 71.8 Å². The highest BCUT2D eigenvalue weighted by atomic mass is 15.2. The van der Waals surface area contributed by atoms with E-state index in [0.717, 1.165) is 25.9 Å². The maximum absolute atomic E-state index is 5.13. The second kappa shape index (κ2) is 11.1. The molecule has 0 amide bonds. The summed E-state index contributed by atoms with van der Waals surface area (Å²) < 4.78 is 0. The maximum atomic E-state index is 5.13. The second-order valence-electron chi connectivity index (χ2n) is 4.38. The summed E-state index contributed by atoms with van der Waals surface area (Å²) in [5, 5.41) is 0. The number of hydrogen-bond donors (Lipinski definition) is 4. The summed E-state index contributed by atoms with van der Waals surface area (Å²) in [5.41, 5.74) is 7.87. The molecule has 0 saturated heterocycles. The van der Waals surface area contributed by atoms with Crippen molar-refractivity contribution in [1.82, 2.24) is 10.9 Å². The summed E-state index contributed by atoms with van der Waals surface area (Å²) >= 11 is 0. The number of nitrogens with one attached hydrogen (secondary N) is 2. The van der Waals surface area contributed by atoms with Crippen molar-refractivity contribution >= 4 is 0 Å². The first kappa shape index (κ1) is 16.3. The van der Waals surface area contributed by atoms with E-state index in [9.17, 15) is 0 Å². The van der Waals surface area contributed by atoms with Crippen LogP contribution in [0.25, 0.3) is 0 Å². The molecule has 0 aliphatic rings. The van der Waals surface area contributed by atoms with E-state index in [2.05, 4.69) is 35.1 Å². The van der Waals surface area contributed by atoms with Crippen LogP contribution in [0.5, 0.6) is 0 Å². The molecule has 0 radical (unpaired) electrons. The minimum atomic E-state index is 0.837. The lowest BCUT2D eigenvalue weighted by Crippen LogP contribution is -2.24. The van der Waals surface area contributed by atoms with E-state index in [4.69, 9.17) is 11.7 Å². The van der Waals surface area contributed by atoms with Crippen molar-refractivity contribution in [2.24, 2.45) is 11.7 Å². The van der Waals surface area contributed by atoms with Gasteiger partial charge in [-0.2, -0.15) is 0 Å². The lowest BCUT2D eigenvalue weighted by molar-refractivity contribution is 0.728. The van der Waals surface area contributed by atoms with E-state index in [-0.39, 0.29) is 0 Å². The molecule has 2 aromatic rings. The predicted octanol–water partition coefficient (Wildman–Crippen LogP) is 1.38. The van der Waals surface area contributed by atoms with Crippen LogP contribution in [0.2, 0.25) is 0 Å². The van der Waals surface area contributed by atoms with Gasteiger partial charge in [0.05, 0.1) is 0 Å². The van der Waals surface area contributed by atoms with Crippen molar-refractivity contribution in [1.29, 1.82) is 0 Å². The average molecular weight is 272 g/mol. The second-order valence-corrected chi connectivity index (χ2v) is 4.38. The Balaban J connectivity index is 0.000000200. The number of rotatable bonds is 6. The number of hydrazine groups is 2. The third-order valence-electron chi connectivity index (χ3n) is 2.80. The largest absolute Gasteiger partial charge is 0.271 e. The maximum Gasteiger partial charge on any atom is 0.0138 e. The molecule has 6 N–H and O–H groups in total. The topological polar surface area (TPSA) is 76.1 Å². The summed E-state index contributed by atoms with van der Waals surface area (Å²) in [6.07, 6.45) is 1.99. The minimum absolute atomic E-state index is 0.837. The van der Waals surface area contributed by atoms with E-state index in [0.29, 0.717) is 0 Å². The zero-order valence-corrected chi connectivity index (χ0v) is 11.8. The summed E-state index contributed by atoms with van der Waals surface area (Å²) in [6.45, 7) is 1.67. The number of hydrogen-bond acceptors (Lipinski definition) is 4. The molecule has 0 atom stereocenters. The van der Waals surface area contributed by atoms with Gasteiger partial charge in [-0.3, -0.25) is 22.5 Å². The molecule has 4 nitrogen and oxygen atoms in total. The van der Waals surface area contributed by atoms with Crippen LogP contribution < -0.4 is 22.5 Å². The molecular formula is C16H24N4. The highest BCUT2D eigenvalue weighted by Gasteiger charge is 1.87. The molecule has 0 fully saturated rings. The average Bonchev–Trinajstić information content (AvgIpc) is 2.53. The Bertz CT molecular complexity index is 387. The monoisotopic (exact) mass is 272 g/mol. The van der Waals surface area contributed by atoms with Gasteiger partial charge in [0.1, 0.15) is 0 Å². The third kappa shape index (κ3) is 7.66. The molecule has 0 aliphatic heterocycles. The van der Waals surface area contributed by atoms with Crippen LogP contribution in [0.3, 0.4) is 0 Å². The van der Waals surface area contributed by atoms with Gasteiger partial charge in [0.15, 0.2) is 0 Å². The van der Waals surface area contributed by atoms with Crippen LogP contribution in [0.1, 0.15) is 11.1 Å². The summed E-state index contributed by atoms with van der Waals surface area (Å²) in [7, 11) is 0. The fourth-order valence-corrected chi connectivity index (χ4v) is 1.72. The summed E-state index contributed by atoms with van der Waals surface area (Å²) in [4.78, 5) is 0. The highest BCUT2D eigenvalue weighted by molar-refractivity contribution is 5.15. The van der Waals surface area contributed by atoms with Crippen LogP contribution in [-0.4, -0.2) is 13.1 Å². The molecular weight excluding hydrogens is 248 g/mol. The van der Waals surface area contributed by atoms with Gasteiger partial charge in [0.25, 0.3) is 0 Å². The van der Waals surface area contributed by atoms with E-state index in [1.807, 2.05) is 36.4 Å². The normalized spacial score (nSPS) is 9.70. The van der Waals surface area contributed by atoms with Crippen LogP contribution in [-0.2, 0) is 12.8 Å². The zero-order valence-electron chi connectivity index (χ0n) is 11.8. The smallest absolute Gasteiger partial charge is 0.0138 e. The quantitative estimate of drug-likeness (QED) is 0.473. The zero-order chi connectivity index (χ0) is 14.5.